The molecule has 0 aliphatic carbocycles. The first-order valence-corrected chi connectivity index (χ1v) is 5.99. The van der Waals surface area contributed by atoms with Crippen molar-refractivity contribution >= 4 is 42.1 Å². The van der Waals surface area contributed by atoms with E-state index in [-0.39, 0.29) is 30.7 Å². The van der Waals surface area contributed by atoms with E-state index >= 15 is 0 Å². The number of hydrogen-bond acceptors (Lipinski definition) is 4. The highest BCUT2D eigenvalue weighted by molar-refractivity contribution is 7.11. The number of carbonyl (C=O) groups excluding carboxylic acids is 1. The average Bonchev–Trinajstić information content (AvgIpc) is 2.63. The summed E-state index contributed by atoms with van der Waals surface area (Å²) in [4.78, 5) is 18.9. The van der Waals surface area contributed by atoms with Gasteiger partial charge in [-0.05, 0) is 13.8 Å². The van der Waals surface area contributed by atoms with Gasteiger partial charge >= 0.3 is 0 Å². The molecule has 1 fully saturated rings. The van der Waals surface area contributed by atoms with Gasteiger partial charge in [-0.3, -0.25) is 4.79 Å². The molecular weight excluding hydrogens is 281 g/mol. The molecule has 4 nitrogen and oxygen atoms in total. The molecule has 0 spiro atoms. The Kier molecular flexibility index (Phi) is 7.01. The van der Waals surface area contributed by atoms with Gasteiger partial charge in [0.15, 0.2) is 0 Å². The van der Waals surface area contributed by atoms with Crippen LogP contribution in [-0.4, -0.2) is 41.5 Å². The van der Waals surface area contributed by atoms with Crippen LogP contribution < -0.4 is 5.32 Å². The highest BCUT2D eigenvalue weighted by Gasteiger charge is 2.23. The zero-order valence-corrected chi connectivity index (χ0v) is 12.3. The Labute approximate surface area is 118 Å². The van der Waals surface area contributed by atoms with E-state index in [9.17, 15) is 4.79 Å². The minimum atomic E-state index is 0. The van der Waals surface area contributed by atoms with Gasteiger partial charge in [0, 0.05) is 25.7 Å². The van der Waals surface area contributed by atoms with Gasteiger partial charge in [0.05, 0.1) is 11.2 Å². The van der Waals surface area contributed by atoms with Crippen molar-refractivity contribution in [3.05, 3.63) is 16.1 Å². The van der Waals surface area contributed by atoms with Crippen LogP contribution in [0.5, 0.6) is 0 Å². The third-order valence-electron chi connectivity index (χ3n) is 2.60. The van der Waals surface area contributed by atoms with Crippen LogP contribution in [0.15, 0.2) is 5.51 Å². The lowest BCUT2D eigenvalue weighted by atomic mass is 10.2. The lowest BCUT2D eigenvalue weighted by Crippen LogP contribution is -2.51. The summed E-state index contributed by atoms with van der Waals surface area (Å²) in [6.07, 6.45) is 0. The van der Waals surface area contributed by atoms with E-state index < -0.39 is 0 Å². The van der Waals surface area contributed by atoms with Crippen molar-refractivity contribution in [1.29, 1.82) is 0 Å². The number of rotatable bonds is 1. The molecule has 7 heteroatoms. The predicted octanol–water partition coefficient (Wildman–Crippen LogP) is 1.73. The third kappa shape index (κ3) is 3.81. The van der Waals surface area contributed by atoms with Gasteiger partial charge in [-0.2, -0.15) is 0 Å². The number of thiazole rings is 1. The molecule has 0 unspecified atom stereocenters. The number of nitrogens with zero attached hydrogens (tertiary/aromatic N) is 2. The number of carbonyl (C=O) groups is 1. The van der Waals surface area contributed by atoms with Crippen LogP contribution in [0.2, 0.25) is 0 Å². The second-order valence-electron chi connectivity index (χ2n) is 3.87. The summed E-state index contributed by atoms with van der Waals surface area (Å²) < 4.78 is 0. The molecule has 0 bridgehead atoms. The van der Waals surface area contributed by atoms with Crippen LogP contribution >= 0.6 is 36.2 Å². The molecular formula is C10H17Cl2N3OS. The molecule has 1 aromatic rings. The van der Waals surface area contributed by atoms with E-state index in [1.807, 2.05) is 11.8 Å². The molecule has 1 saturated heterocycles. The van der Waals surface area contributed by atoms with Gasteiger partial charge < -0.3 is 10.2 Å². The topological polar surface area (TPSA) is 45.2 Å². The number of amides is 1. The second kappa shape index (κ2) is 7.16. The summed E-state index contributed by atoms with van der Waals surface area (Å²) in [5.74, 6) is 0.128. The van der Waals surface area contributed by atoms with Crippen LogP contribution in [-0.2, 0) is 0 Å². The minimum Gasteiger partial charge on any atom is -0.335 e. The quantitative estimate of drug-likeness (QED) is 0.859. The lowest BCUT2D eigenvalue weighted by Gasteiger charge is -2.31. The Balaban J connectivity index is 0.00000128. The SMILES string of the molecule is Cc1ncsc1C(=O)N1CCN[C@H](C)C1.Cl.Cl. The highest BCUT2D eigenvalue weighted by Crippen LogP contribution is 2.15. The van der Waals surface area contributed by atoms with Crippen molar-refractivity contribution in [3.8, 4) is 0 Å². The van der Waals surface area contributed by atoms with Crippen molar-refractivity contribution in [2.24, 2.45) is 0 Å². The maximum Gasteiger partial charge on any atom is 0.265 e. The number of aryl methyl sites for hydroxylation is 1. The number of aromatic nitrogens is 1. The van der Waals surface area contributed by atoms with E-state index in [0.29, 0.717) is 6.04 Å². The van der Waals surface area contributed by atoms with E-state index in [1.54, 1.807) is 5.51 Å². The molecule has 2 rings (SSSR count). The van der Waals surface area contributed by atoms with Gasteiger partial charge in [0.2, 0.25) is 0 Å². The largest absolute Gasteiger partial charge is 0.335 e. The monoisotopic (exact) mass is 297 g/mol. The van der Waals surface area contributed by atoms with Crippen LogP contribution in [0.25, 0.3) is 0 Å². The number of piperazine rings is 1. The summed E-state index contributed by atoms with van der Waals surface area (Å²) in [6, 6.07) is 0.385. The minimum absolute atomic E-state index is 0. The molecule has 0 saturated carbocycles. The fraction of sp³-hybridized carbons (Fsp3) is 0.600. The first-order chi connectivity index (χ1) is 7.18. The van der Waals surface area contributed by atoms with Crippen molar-refractivity contribution in [3.63, 3.8) is 0 Å². The molecule has 1 amide bonds. The lowest BCUT2D eigenvalue weighted by molar-refractivity contribution is 0.0713. The molecule has 1 aliphatic rings. The van der Waals surface area contributed by atoms with Crippen LogP contribution in [0, 0.1) is 6.92 Å². The first kappa shape index (κ1) is 16.6. The predicted molar refractivity (Wildman–Crippen MR) is 74.7 cm³/mol. The zero-order chi connectivity index (χ0) is 10.8. The maximum atomic E-state index is 12.1. The fourth-order valence-electron chi connectivity index (χ4n) is 1.77. The van der Waals surface area contributed by atoms with Crippen LogP contribution in [0.3, 0.4) is 0 Å². The van der Waals surface area contributed by atoms with Crippen molar-refractivity contribution in [2.75, 3.05) is 19.6 Å². The van der Waals surface area contributed by atoms with Crippen LogP contribution in [0.4, 0.5) is 0 Å². The van der Waals surface area contributed by atoms with Gasteiger partial charge in [-0.1, -0.05) is 0 Å². The summed E-state index contributed by atoms with van der Waals surface area (Å²) >= 11 is 1.43. The molecule has 1 aromatic heterocycles. The van der Waals surface area contributed by atoms with E-state index in [0.717, 1.165) is 30.2 Å². The third-order valence-corrected chi connectivity index (χ3v) is 3.51. The molecule has 17 heavy (non-hydrogen) atoms. The smallest absolute Gasteiger partial charge is 0.265 e. The summed E-state index contributed by atoms with van der Waals surface area (Å²) in [5, 5.41) is 3.32. The number of nitrogens with one attached hydrogen (secondary N) is 1. The molecule has 0 radical (unpaired) electrons. The molecule has 1 N–H and O–H groups in total. The molecule has 98 valence electrons. The highest BCUT2D eigenvalue weighted by atomic mass is 35.5. The number of hydrogen-bond donors (Lipinski definition) is 1. The van der Waals surface area contributed by atoms with Crippen molar-refractivity contribution in [1.82, 2.24) is 15.2 Å². The Hall–Kier alpha value is -0.360. The van der Waals surface area contributed by atoms with E-state index in [2.05, 4.69) is 17.2 Å². The summed E-state index contributed by atoms with van der Waals surface area (Å²) in [6.45, 7) is 6.44. The fourth-order valence-corrected chi connectivity index (χ4v) is 2.54. The molecule has 1 atom stereocenters. The van der Waals surface area contributed by atoms with Crippen molar-refractivity contribution in [2.45, 2.75) is 19.9 Å². The first-order valence-electron chi connectivity index (χ1n) is 5.11. The normalized spacial score (nSPS) is 19.2. The maximum absolute atomic E-state index is 12.1. The molecule has 0 aromatic carbocycles. The standard InChI is InChI=1S/C10H15N3OS.2ClH/c1-7-5-13(4-3-11-7)10(14)9-8(2)12-6-15-9;;/h6-7,11H,3-5H2,1-2H3;2*1H/t7-;;/m1../s1. The second-order valence-corrected chi connectivity index (χ2v) is 4.73. The van der Waals surface area contributed by atoms with Crippen LogP contribution in [0.1, 0.15) is 22.3 Å². The average molecular weight is 298 g/mol. The number of halogens is 2. The Bertz CT molecular complexity index is 372. The Morgan fingerprint density at radius 2 is 2.29 bits per heavy atom. The van der Waals surface area contributed by atoms with Crippen molar-refractivity contribution < 1.29 is 4.79 Å². The Morgan fingerprint density at radius 1 is 1.59 bits per heavy atom. The van der Waals surface area contributed by atoms with Gasteiger partial charge in [-0.15, -0.1) is 36.2 Å². The van der Waals surface area contributed by atoms with Gasteiger partial charge in [0.1, 0.15) is 4.88 Å². The molecule has 1 aliphatic heterocycles. The molecule has 2 heterocycles. The zero-order valence-electron chi connectivity index (χ0n) is 9.80. The Morgan fingerprint density at radius 3 is 2.82 bits per heavy atom. The summed E-state index contributed by atoms with van der Waals surface area (Å²) in [7, 11) is 0. The van der Waals surface area contributed by atoms with E-state index in [1.165, 1.54) is 11.3 Å². The summed E-state index contributed by atoms with van der Waals surface area (Å²) in [5.41, 5.74) is 2.57. The van der Waals surface area contributed by atoms with E-state index in [4.69, 9.17) is 0 Å². The van der Waals surface area contributed by atoms with Gasteiger partial charge in [-0.25, -0.2) is 4.98 Å². The van der Waals surface area contributed by atoms with Gasteiger partial charge in [0.25, 0.3) is 5.91 Å².